The number of pyridine rings is 1. The lowest BCUT2D eigenvalue weighted by Gasteiger charge is -2.15. The van der Waals surface area contributed by atoms with E-state index in [1.807, 2.05) is 13.0 Å². The van der Waals surface area contributed by atoms with Crippen molar-refractivity contribution in [2.24, 2.45) is 0 Å². The Morgan fingerprint density at radius 2 is 1.82 bits per heavy atom. The molecule has 0 aliphatic heterocycles. The van der Waals surface area contributed by atoms with Gasteiger partial charge in [0.2, 0.25) is 5.88 Å². The average molecular weight is 466 g/mol. The molecule has 3 aromatic rings. The van der Waals surface area contributed by atoms with Gasteiger partial charge in [-0.15, -0.1) is 0 Å². The molecule has 1 amide bonds. The molecule has 0 radical (unpaired) electrons. The van der Waals surface area contributed by atoms with Crippen LogP contribution in [0.15, 0.2) is 65.7 Å². The van der Waals surface area contributed by atoms with Crippen LogP contribution >= 0.6 is 0 Å². The van der Waals surface area contributed by atoms with Crippen LogP contribution in [0, 0.1) is 13.8 Å². The van der Waals surface area contributed by atoms with Crippen LogP contribution in [0.2, 0.25) is 0 Å². The van der Waals surface area contributed by atoms with Gasteiger partial charge in [-0.05, 0) is 68.1 Å². The largest absolute Gasteiger partial charge is 0.438 e. The van der Waals surface area contributed by atoms with Gasteiger partial charge >= 0.3 is 0 Å². The number of aromatic nitrogens is 1. The van der Waals surface area contributed by atoms with Crippen molar-refractivity contribution in [3.8, 4) is 11.6 Å². The van der Waals surface area contributed by atoms with E-state index in [4.69, 9.17) is 4.74 Å². The summed E-state index contributed by atoms with van der Waals surface area (Å²) >= 11 is 0. The standard InChI is InChI=1S/C25H27N3O4S/c1-17-12-13-18(2)23(15-17)33(30,31)28-20-9-5-10-21(16-20)32-25-22(11-6-14-26-25)24(29)27-19-7-3-4-8-19/h5-6,9-16,19,28H,3-4,7-8H2,1-2H3,(H,27,29). The summed E-state index contributed by atoms with van der Waals surface area (Å²) < 4.78 is 34.4. The minimum atomic E-state index is -3.78. The molecule has 0 bridgehead atoms. The number of carbonyl (C=O) groups is 1. The second kappa shape index (κ2) is 9.62. The Balaban J connectivity index is 1.53. The van der Waals surface area contributed by atoms with Gasteiger partial charge < -0.3 is 10.1 Å². The molecule has 1 saturated carbocycles. The first-order chi connectivity index (χ1) is 15.8. The quantitative estimate of drug-likeness (QED) is 0.514. The maximum Gasteiger partial charge on any atom is 0.262 e. The summed E-state index contributed by atoms with van der Waals surface area (Å²) in [6.45, 7) is 3.60. The molecule has 0 saturated heterocycles. The molecular formula is C25H27N3O4S. The minimum Gasteiger partial charge on any atom is -0.438 e. The molecule has 1 heterocycles. The summed E-state index contributed by atoms with van der Waals surface area (Å²) in [5.41, 5.74) is 2.20. The lowest BCUT2D eigenvalue weighted by molar-refractivity contribution is 0.0935. The van der Waals surface area contributed by atoms with E-state index in [1.54, 1.807) is 61.7 Å². The third-order valence-corrected chi connectivity index (χ3v) is 7.16. The van der Waals surface area contributed by atoms with Gasteiger partial charge in [0.25, 0.3) is 15.9 Å². The van der Waals surface area contributed by atoms with Crippen LogP contribution in [0.25, 0.3) is 0 Å². The Kier molecular flexibility index (Phi) is 6.65. The van der Waals surface area contributed by atoms with E-state index in [0.717, 1.165) is 31.2 Å². The van der Waals surface area contributed by atoms with Crippen LogP contribution in [0.4, 0.5) is 5.69 Å². The normalized spacial score (nSPS) is 14.1. The maximum absolute atomic E-state index is 12.9. The van der Waals surface area contributed by atoms with Crippen molar-refractivity contribution in [3.05, 3.63) is 77.5 Å². The third-order valence-electron chi connectivity index (χ3n) is 5.64. The Labute approximate surface area is 194 Å². The predicted molar refractivity (Wildman–Crippen MR) is 127 cm³/mol. The lowest BCUT2D eigenvalue weighted by atomic mass is 10.2. The summed E-state index contributed by atoms with van der Waals surface area (Å²) in [6, 6.07) is 15.4. The summed E-state index contributed by atoms with van der Waals surface area (Å²) in [7, 11) is -3.78. The molecule has 1 fully saturated rings. The molecule has 172 valence electrons. The van der Waals surface area contributed by atoms with E-state index in [0.29, 0.717) is 22.6 Å². The number of aryl methyl sites for hydroxylation is 2. The number of nitrogens with one attached hydrogen (secondary N) is 2. The molecule has 7 nitrogen and oxygen atoms in total. The van der Waals surface area contributed by atoms with E-state index < -0.39 is 10.0 Å². The van der Waals surface area contributed by atoms with E-state index in [2.05, 4.69) is 15.0 Å². The highest BCUT2D eigenvalue weighted by atomic mass is 32.2. The summed E-state index contributed by atoms with van der Waals surface area (Å²) in [5.74, 6) is 0.309. The smallest absolute Gasteiger partial charge is 0.262 e. The van der Waals surface area contributed by atoms with Crippen LogP contribution in [0.5, 0.6) is 11.6 Å². The molecular weight excluding hydrogens is 438 g/mol. The molecule has 0 spiro atoms. The van der Waals surface area contributed by atoms with Crippen molar-refractivity contribution in [2.75, 3.05) is 4.72 Å². The zero-order valence-electron chi connectivity index (χ0n) is 18.7. The molecule has 1 aliphatic carbocycles. The first kappa shape index (κ1) is 22.8. The second-order valence-corrected chi connectivity index (χ2v) is 9.97. The van der Waals surface area contributed by atoms with Gasteiger partial charge in [-0.2, -0.15) is 0 Å². The molecule has 2 aromatic carbocycles. The number of rotatable bonds is 7. The summed E-state index contributed by atoms with van der Waals surface area (Å²) in [4.78, 5) is 17.2. The Bertz CT molecular complexity index is 1270. The fraction of sp³-hybridized carbons (Fsp3) is 0.280. The molecule has 33 heavy (non-hydrogen) atoms. The number of hydrogen-bond donors (Lipinski definition) is 2. The van der Waals surface area contributed by atoms with Crippen LogP contribution < -0.4 is 14.8 Å². The molecule has 1 aliphatic rings. The number of carbonyl (C=O) groups excluding carboxylic acids is 1. The fourth-order valence-corrected chi connectivity index (χ4v) is 5.30. The molecule has 1 aromatic heterocycles. The van der Waals surface area contributed by atoms with Crippen molar-refractivity contribution in [2.45, 2.75) is 50.5 Å². The van der Waals surface area contributed by atoms with Crippen LogP contribution in [-0.2, 0) is 10.0 Å². The van der Waals surface area contributed by atoms with Gasteiger partial charge in [-0.25, -0.2) is 13.4 Å². The van der Waals surface area contributed by atoms with Crippen molar-refractivity contribution < 1.29 is 17.9 Å². The van der Waals surface area contributed by atoms with E-state index in [1.165, 1.54) is 0 Å². The first-order valence-electron chi connectivity index (χ1n) is 11.0. The monoisotopic (exact) mass is 465 g/mol. The highest BCUT2D eigenvalue weighted by molar-refractivity contribution is 7.92. The summed E-state index contributed by atoms with van der Waals surface area (Å²) in [6.07, 6.45) is 5.74. The lowest BCUT2D eigenvalue weighted by Crippen LogP contribution is -2.32. The van der Waals surface area contributed by atoms with Crippen molar-refractivity contribution in [1.29, 1.82) is 0 Å². The third kappa shape index (κ3) is 5.51. The zero-order valence-corrected chi connectivity index (χ0v) is 19.5. The van der Waals surface area contributed by atoms with Crippen molar-refractivity contribution >= 4 is 21.6 Å². The highest BCUT2D eigenvalue weighted by Gasteiger charge is 2.21. The first-order valence-corrected chi connectivity index (χ1v) is 12.4. The minimum absolute atomic E-state index is 0.169. The average Bonchev–Trinajstić information content (AvgIpc) is 3.28. The van der Waals surface area contributed by atoms with Gasteiger partial charge in [0.05, 0.1) is 10.6 Å². The SMILES string of the molecule is Cc1ccc(C)c(S(=O)(=O)Nc2cccc(Oc3ncccc3C(=O)NC3CCCC3)c2)c1. The topological polar surface area (TPSA) is 97.4 Å². The fourth-order valence-electron chi connectivity index (χ4n) is 3.92. The zero-order chi connectivity index (χ0) is 23.4. The van der Waals surface area contributed by atoms with E-state index in [-0.39, 0.29) is 22.7 Å². The molecule has 0 atom stereocenters. The molecule has 4 rings (SSSR count). The van der Waals surface area contributed by atoms with Gasteiger partial charge in [0.1, 0.15) is 11.3 Å². The Morgan fingerprint density at radius 3 is 2.61 bits per heavy atom. The van der Waals surface area contributed by atoms with Crippen LogP contribution in [0.1, 0.15) is 47.2 Å². The second-order valence-electron chi connectivity index (χ2n) is 8.32. The van der Waals surface area contributed by atoms with Gasteiger partial charge in [-0.1, -0.05) is 31.0 Å². The van der Waals surface area contributed by atoms with E-state index in [9.17, 15) is 13.2 Å². The van der Waals surface area contributed by atoms with Gasteiger partial charge in [0.15, 0.2) is 0 Å². The number of ether oxygens (including phenoxy) is 1. The number of nitrogens with zero attached hydrogens (tertiary/aromatic N) is 1. The molecule has 0 unspecified atom stereocenters. The summed E-state index contributed by atoms with van der Waals surface area (Å²) in [5, 5.41) is 3.04. The van der Waals surface area contributed by atoms with Crippen molar-refractivity contribution in [3.63, 3.8) is 0 Å². The van der Waals surface area contributed by atoms with Gasteiger partial charge in [0, 0.05) is 18.3 Å². The number of amides is 1. The Morgan fingerprint density at radius 1 is 1.03 bits per heavy atom. The van der Waals surface area contributed by atoms with E-state index >= 15 is 0 Å². The van der Waals surface area contributed by atoms with Crippen LogP contribution in [0.3, 0.4) is 0 Å². The number of anilines is 1. The number of sulfonamides is 1. The van der Waals surface area contributed by atoms with Crippen LogP contribution in [-0.4, -0.2) is 25.4 Å². The molecule has 2 N–H and O–H groups in total. The number of hydrogen-bond acceptors (Lipinski definition) is 5. The number of benzene rings is 2. The highest BCUT2D eigenvalue weighted by Crippen LogP contribution is 2.28. The van der Waals surface area contributed by atoms with Crippen molar-refractivity contribution in [1.82, 2.24) is 10.3 Å². The predicted octanol–water partition coefficient (Wildman–Crippen LogP) is 4.96. The maximum atomic E-state index is 12.9. The Hall–Kier alpha value is -3.39. The molecule has 8 heteroatoms. The van der Waals surface area contributed by atoms with Gasteiger partial charge in [-0.3, -0.25) is 9.52 Å².